The third kappa shape index (κ3) is 4.69. The van der Waals surface area contributed by atoms with Crippen LogP contribution in [0.5, 0.6) is 0 Å². The maximum Gasteiger partial charge on any atom is 0.349 e. The highest BCUT2D eigenvalue weighted by molar-refractivity contribution is 5.98. The summed E-state index contributed by atoms with van der Waals surface area (Å²) in [6.07, 6.45) is 0.0728. The topological polar surface area (TPSA) is 115 Å². The average molecular weight is 360 g/mol. The van der Waals surface area contributed by atoms with E-state index in [-0.39, 0.29) is 24.3 Å². The van der Waals surface area contributed by atoms with Gasteiger partial charge in [-0.05, 0) is 25.5 Å². The lowest BCUT2D eigenvalue weighted by Gasteiger charge is -2.16. The van der Waals surface area contributed by atoms with Crippen LogP contribution >= 0.6 is 0 Å². The van der Waals surface area contributed by atoms with Crippen LogP contribution in [0.15, 0.2) is 39.5 Å². The highest BCUT2D eigenvalue weighted by Crippen LogP contribution is 2.13. The van der Waals surface area contributed by atoms with Gasteiger partial charge in [-0.3, -0.25) is 9.59 Å². The Bertz CT molecular complexity index is 873. The number of carbonyl (C=O) groups is 3. The SMILES string of the molecule is CCNC(=O)CC[C@H](NC(=O)c1cc2ccccc2oc1=O)C(=O)OC. The number of benzene rings is 1. The van der Waals surface area contributed by atoms with Crippen LogP contribution in [-0.4, -0.2) is 37.5 Å². The molecule has 1 aromatic heterocycles. The van der Waals surface area contributed by atoms with Crippen molar-refractivity contribution in [1.29, 1.82) is 0 Å². The Balaban J connectivity index is 2.18. The second-order valence-corrected chi connectivity index (χ2v) is 5.53. The maximum atomic E-state index is 12.4. The van der Waals surface area contributed by atoms with Crippen molar-refractivity contribution in [2.24, 2.45) is 0 Å². The monoisotopic (exact) mass is 360 g/mol. The molecule has 0 radical (unpaired) electrons. The van der Waals surface area contributed by atoms with E-state index in [4.69, 9.17) is 4.42 Å². The van der Waals surface area contributed by atoms with E-state index in [0.717, 1.165) is 0 Å². The van der Waals surface area contributed by atoms with Gasteiger partial charge in [0.15, 0.2) is 0 Å². The largest absolute Gasteiger partial charge is 0.467 e. The molecule has 0 aliphatic rings. The normalized spacial score (nSPS) is 11.6. The van der Waals surface area contributed by atoms with E-state index in [0.29, 0.717) is 17.5 Å². The van der Waals surface area contributed by atoms with Gasteiger partial charge >= 0.3 is 11.6 Å². The summed E-state index contributed by atoms with van der Waals surface area (Å²) in [5, 5.41) is 5.61. The summed E-state index contributed by atoms with van der Waals surface area (Å²) in [6.45, 7) is 2.24. The molecule has 1 aromatic carbocycles. The molecule has 2 amide bonds. The van der Waals surface area contributed by atoms with Crippen molar-refractivity contribution >= 4 is 28.8 Å². The molecule has 2 rings (SSSR count). The lowest BCUT2D eigenvalue weighted by Crippen LogP contribution is -2.43. The van der Waals surface area contributed by atoms with Gasteiger partial charge in [-0.2, -0.15) is 0 Å². The molecule has 1 atom stereocenters. The summed E-state index contributed by atoms with van der Waals surface area (Å²) in [7, 11) is 1.18. The van der Waals surface area contributed by atoms with E-state index >= 15 is 0 Å². The number of ether oxygens (including phenoxy) is 1. The van der Waals surface area contributed by atoms with Crippen molar-refractivity contribution in [3.63, 3.8) is 0 Å². The number of nitrogens with one attached hydrogen (secondary N) is 2. The Kier molecular flexibility index (Phi) is 6.48. The van der Waals surface area contributed by atoms with Crippen molar-refractivity contribution in [2.45, 2.75) is 25.8 Å². The third-order valence-corrected chi connectivity index (χ3v) is 3.71. The summed E-state index contributed by atoms with van der Waals surface area (Å²) < 4.78 is 9.77. The third-order valence-electron chi connectivity index (χ3n) is 3.71. The van der Waals surface area contributed by atoms with E-state index in [9.17, 15) is 19.2 Å². The molecule has 0 fully saturated rings. The molecule has 26 heavy (non-hydrogen) atoms. The first-order valence-corrected chi connectivity index (χ1v) is 8.14. The van der Waals surface area contributed by atoms with Crippen molar-refractivity contribution < 1.29 is 23.5 Å². The Labute approximate surface area is 149 Å². The first kappa shape index (κ1) is 19.2. The number of methoxy groups -OCH3 is 1. The minimum Gasteiger partial charge on any atom is -0.467 e. The molecule has 2 aromatic rings. The Hall–Kier alpha value is -3.16. The van der Waals surface area contributed by atoms with Crippen molar-refractivity contribution in [3.05, 3.63) is 46.3 Å². The van der Waals surface area contributed by atoms with Crippen LogP contribution in [-0.2, 0) is 14.3 Å². The number of hydrogen-bond donors (Lipinski definition) is 2. The van der Waals surface area contributed by atoms with E-state index < -0.39 is 23.5 Å². The molecule has 0 unspecified atom stereocenters. The van der Waals surface area contributed by atoms with Gasteiger partial charge in [-0.1, -0.05) is 18.2 Å². The number of para-hydroxylation sites is 1. The van der Waals surface area contributed by atoms with Crippen LogP contribution < -0.4 is 16.3 Å². The summed E-state index contributed by atoms with van der Waals surface area (Å²) in [4.78, 5) is 47.9. The van der Waals surface area contributed by atoms with Crippen molar-refractivity contribution in [3.8, 4) is 0 Å². The zero-order chi connectivity index (χ0) is 19.1. The number of fused-ring (bicyclic) bond motifs is 1. The van der Waals surface area contributed by atoms with Crippen LogP contribution in [0.2, 0.25) is 0 Å². The van der Waals surface area contributed by atoms with Crippen LogP contribution in [0, 0.1) is 0 Å². The summed E-state index contributed by atoms with van der Waals surface area (Å²) >= 11 is 0. The van der Waals surface area contributed by atoms with Crippen LogP contribution in [0.1, 0.15) is 30.1 Å². The molecule has 138 valence electrons. The molecular weight excluding hydrogens is 340 g/mol. The van der Waals surface area contributed by atoms with E-state index in [2.05, 4.69) is 15.4 Å². The zero-order valence-electron chi connectivity index (χ0n) is 14.5. The van der Waals surface area contributed by atoms with Gasteiger partial charge < -0.3 is 19.8 Å². The predicted molar refractivity (Wildman–Crippen MR) is 93.7 cm³/mol. The second-order valence-electron chi connectivity index (χ2n) is 5.53. The molecule has 0 spiro atoms. The Morgan fingerprint density at radius 3 is 2.65 bits per heavy atom. The molecule has 0 aliphatic heterocycles. The number of hydrogen-bond acceptors (Lipinski definition) is 6. The first-order chi connectivity index (χ1) is 12.5. The predicted octanol–water partition coefficient (Wildman–Crippen LogP) is 0.981. The summed E-state index contributed by atoms with van der Waals surface area (Å²) in [6, 6.07) is 7.10. The molecule has 0 aliphatic carbocycles. The van der Waals surface area contributed by atoms with Crippen molar-refractivity contribution in [1.82, 2.24) is 10.6 Å². The highest BCUT2D eigenvalue weighted by atomic mass is 16.5. The van der Waals surface area contributed by atoms with Gasteiger partial charge in [-0.25, -0.2) is 9.59 Å². The lowest BCUT2D eigenvalue weighted by atomic mass is 10.1. The van der Waals surface area contributed by atoms with Gasteiger partial charge in [0.25, 0.3) is 5.91 Å². The smallest absolute Gasteiger partial charge is 0.349 e. The van der Waals surface area contributed by atoms with Crippen LogP contribution in [0.4, 0.5) is 0 Å². The van der Waals surface area contributed by atoms with E-state index in [1.54, 1.807) is 31.2 Å². The standard InChI is InChI=1S/C18H20N2O6/c1-3-19-15(21)9-8-13(18(24)25-2)20-16(22)12-10-11-6-4-5-7-14(11)26-17(12)23/h4-7,10,13H,3,8-9H2,1-2H3,(H,19,21)(H,20,22)/t13-/m0/s1. The minimum absolute atomic E-state index is 0.0280. The average Bonchev–Trinajstić information content (AvgIpc) is 2.63. The van der Waals surface area contributed by atoms with Gasteiger partial charge in [0, 0.05) is 18.4 Å². The van der Waals surface area contributed by atoms with Gasteiger partial charge in [-0.15, -0.1) is 0 Å². The van der Waals surface area contributed by atoms with Gasteiger partial charge in [0.1, 0.15) is 17.2 Å². The number of amides is 2. The number of rotatable bonds is 7. The van der Waals surface area contributed by atoms with Crippen molar-refractivity contribution in [2.75, 3.05) is 13.7 Å². The van der Waals surface area contributed by atoms with Gasteiger partial charge in [0.2, 0.25) is 5.91 Å². The summed E-state index contributed by atoms with van der Waals surface area (Å²) in [5.41, 5.74) is -0.682. The molecule has 8 heteroatoms. The maximum absolute atomic E-state index is 12.4. The summed E-state index contributed by atoms with van der Waals surface area (Å²) in [5.74, 6) is -1.72. The highest BCUT2D eigenvalue weighted by Gasteiger charge is 2.24. The Morgan fingerprint density at radius 2 is 1.96 bits per heavy atom. The van der Waals surface area contributed by atoms with E-state index in [1.807, 2.05) is 0 Å². The molecule has 0 bridgehead atoms. The fourth-order valence-electron chi connectivity index (χ4n) is 2.41. The molecule has 1 heterocycles. The number of esters is 1. The van der Waals surface area contributed by atoms with Gasteiger partial charge in [0.05, 0.1) is 7.11 Å². The molecule has 0 saturated carbocycles. The molecule has 2 N–H and O–H groups in total. The fraction of sp³-hybridized carbons (Fsp3) is 0.333. The second kappa shape index (κ2) is 8.80. The first-order valence-electron chi connectivity index (χ1n) is 8.14. The molecular formula is C18H20N2O6. The quantitative estimate of drug-likeness (QED) is 0.562. The van der Waals surface area contributed by atoms with E-state index in [1.165, 1.54) is 13.2 Å². The number of carbonyl (C=O) groups excluding carboxylic acids is 3. The molecule has 0 saturated heterocycles. The lowest BCUT2D eigenvalue weighted by molar-refractivity contribution is -0.143. The van der Waals surface area contributed by atoms with Crippen LogP contribution in [0.3, 0.4) is 0 Å². The zero-order valence-corrected chi connectivity index (χ0v) is 14.5. The van der Waals surface area contributed by atoms with Crippen LogP contribution in [0.25, 0.3) is 11.0 Å². The fourth-order valence-corrected chi connectivity index (χ4v) is 2.41. The Morgan fingerprint density at radius 1 is 1.23 bits per heavy atom. The molecule has 8 nitrogen and oxygen atoms in total. The minimum atomic E-state index is -1.05.